The highest BCUT2D eigenvalue weighted by Gasteiger charge is 2.15. The van der Waals surface area contributed by atoms with Crippen LogP contribution in [0.25, 0.3) is 0 Å². The van der Waals surface area contributed by atoms with E-state index < -0.39 is 11.7 Å². The summed E-state index contributed by atoms with van der Waals surface area (Å²) in [5, 5.41) is 2.56. The normalized spacial score (nSPS) is 10.0. The smallest absolute Gasteiger partial charge is 0.254 e. The Bertz CT molecular complexity index is 607. The van der Waals surface area contributed by atoms with E-state index in [0.717, 1.165) is 0 Å². The Kier molecular flexibility index (Phi) is 5.05. The summed E-state index contributed by atoms with van der Waals surface area (Å²) in [6.07, 6.45) is 1.30. The average molecular weight is 290 g/mol. The van der Waals surface area contributed by atoms with E-state index in [2.05, 4.69) is 15.7 Å². The highest BCUT2D eigenvalue weighted by molar-refractivity contribution is 5.95. The summed E-state index contributed by atoms with van der Waals surface area (Å²) in [6.45, 7) is 0.533. The van der Waals surface area contributed by atoms with Crippen molar-refractivity contribution >= 4 is 11.7 Å². The fourth-order valence-corrected chi connectivity index (χ4v) is 1.67. The first-order valence-corrected chi connectivity index (χ1v) is 6.29. The van der Waals surface area contributed by atoms with Gasteiger partial charge in [0.05, 0.1) is 12.1 Å². The summed E-state index contributed by atoms with van der Waals surface area (Å²) in [5.41, 5.74) is 1.96. The Balaban J connectivity index is 1.85. The van der Waals surface area contributed by atoms with Gasteiger partial charge in [-0.3, -0.25) is 4.79 Å². The molecule has 21 heavy (non-hydrogen) atoms. The maximum atomic E-state index is 13.8. The van der Waals surface area contributed by atoms with E-state index >= 15 is 0 Å². The number of carbonyl (C=O) groups is 1. The van der Waals surface area contributed by atoms with Crippen molar-refractivity contribution in [1.29, 1.82) is 0 Å². The molecule has 1 heterocycles. The van der Waals surface area contributed by atoms with Gasteiger partial charge in [0, 0.05) is 6.20 Å². The summed E-state index contributed by atoms with van der Waals surface area (Å²) >= 11 is 0. The number of ether oxygens (including phenoxy) is 1. The molecule has 0 fully saturated rings. The number of para-hydroxylation sites is 1. The van der Waals surface area contributed by atoms with Crippen molar-refractivity contribution < 1.29 is 13.9 Å². The summed E-state index contributed by atoms with van der Waals surface area (Å²) in [4.78, 5) is 15.5. The molecule has 7 heteroatoms. The largest absolute Gasteiger partial charge is 0.492 e. The minimum absolute atomic E-state index is 0.127. The molecule has 0 bridgehead atoms. The van der Waals surface area contributed by atoms with Crippen molar-refractivity contribution in [3.8, 4) is 5.75 Å². The number of nitrogens with one attached hydrogen (secondary N) is 2. The van der Waals surface area contributed by atoms with E-state index in [1.165, 1.54) is 12.3 Å². The minimum atomic E-state index is -0.790. The van der Waals surface area contributed by atoms with Crippen LogP contribution in [0.3, 0.4) is 0 Å². The quantitative estimate of drug-likeness (QED) is 0.424. The van der Waals surface area contributed by atoms with E-state index in [1.807, 2.05) is 30.3 Å². The van der Waals surface area contributed by atoms with Crippen molar-refractivity contribution in [2.24, 2.45) is 5.84 Å². The number of halogens is 1. The van der Waals surface area contributed by atoms with Crippen molar-refractivity contribution in [2.75, 3.05) is 18.6 Å². The van der Waals surface area contributed by atoms with Crippen LogP contribution in [0.1, 0.15) is 10.4 Å². The van der Waals surface area contributed by atoms with Crippen LogP contribution in [0.15, 0.2) is 42.6 Å². The second kappa shape index (κ2) is 7.20. The van der Waals surface area contributed by atoms with Crippen molar-refractivity contribution in [1.82, 2.24) is 10.3 Å². The van der Waals surface area contributed by atoms with Gasteiger partial charge in [0.25, 0.3) is 5.91 Å². The number of nitrogen functional groups attached to an aromatic ring is 1. The molecule has 0 atom stereocenters. The molecule has 1 aromatic carbocycles. The first-order chi connectivity index (χ1) is 10.2. The summed E-state index contributed by atoms with van der Waals surface area (Å²) < 4.78 is 19.2. The number of pyridine rings is 1. The fraction of sp³-hybridized carbons (Fsp3) is 0.143. The standard InChI is InChI=1S/C14H15FN4O2/c15-12-11(6-7-17-13(12)19-16)14(20)18-8-9-21-10-4-2-1-3-5-10/h1-7H,8-9,16H2,(H,17,19)(H,18,20). The first kappa shape index (κ1) is 14.7. The Labute approximate surface area is 121 Å². The Hall–Kier alpha value is -2.67. The lowest BCUT2D eigenvalue weighted by molar-refractivity contribution is 0.0943. The highest BCUT2D eigenvalue weighted by atomic mass is 19.1. The number of hydrogen-bond donors (Lipinski definition) is 3. The molecule has 1 aromatic heterocycles. The zero-order valence-electron chi connectivity index (χ0n) is 11.2. The van der Waals surface area contributed by atoms with E-state index in [9.17, 15) is 9.18 Å². The van der Waals surface area contributed by atoms with Gasteiger partial charge in [-0.2, -0.15) is 0 Å². The number of nitrogens with zero attached hydrogens (tertiary/aromatic N) is 1. The lowest BCUT2D eigenvalue weighted by atomic mass is 10.2. The minimum Gasteiger partial charge on any atom is -0.492 e. The van der Waals surface area contributed by atoms with Gasteiger partial charge in [-0.25, -0.2) is 15.2 Å². The number of carbonyl (C=O) groups excluding carboxylic acids is 1. The molecule has 110 valence electrons. The second-order valence-electron chi connectivity index (χ2n) is 4.08. The van der Waals surface area contributed by atoms with Crippen LogP contribution in [0, 0.1) is 5.82 Å². The Morgan fingerprint density at radius 3 is 2.76 bits per heavy atom. The monoisotopic (exact) mass is 290 g/mol. The van der Waals surface area contributed by atoms with Crippen LogP contribution in [0.5, 0.6) is 5.75 Å². The maximum absolute atomic E-state index is 13.8. The lowest BCUT2D eigenvalue weighted by Gasteiger charge is -2.09. The molecule has 6 nitrogen and oxygen atoms in total. The van der Waals surface area contributed by atoms with E-state index in [1.54, 1.807) is 0 Å². The second-order valence-corrected chi connectivity index (χ2v) is 4.08. The molecule has 0 saturated carbocycles. The molecule has 1 amide bonds. The van der Waals surface area contributed by atoms with Crippen molar-refractivity contribution in [2.45, 2.75) is 0 Å². The van der Waals surface area contributed by atoms with Crippen LogP contribution < -0.4 is 21.3 Å². The number of anilines is 1. The highest BCUT2D eigenvalue weighted by Crippen LogP contribution is 2.13. The zero-order valence-corrected chi connectivity index (χ0v) is 11.2. The number of hydrazine groups is 1. The number of hydrogen-bond acceptors (Lipinski definition) is 5. The Morgan fingerprint density at radius 2 is 2.05 bits per heavy atom. The molecule has 4 N–H and O–H groups in total. The third-order valence-electron chi connectivity index (χ3n) is 2.67. The molecule has 0 spiro atoms. The number of aromatic nitrogens is 1. The van der Waals surface area contributed by atoms with Gasteiger partial charge in [0.15, 0.2) is 11.6 Å². The van der Waals surface area contributed by atoms with Gasteiger partial charge in [0.2, 0.25) is 0 Å². The number of rotatable bonds is 6. The predicted octanol–water partition coefficient (Wildman–Crippen LogP) is 1.32. The number of nitrogens with two attached hydrogens (primary N) is 1. The summed E-state index contributed by atoms with van der Waals surface area (Å²) in [7, 11) is 0. The number of amides is 1. The van der Waals surface area contributed by atoms with Crippen LogP contribution in [0.2, 0.25) is 0 Å². The van der Waals surface area contributed by atoms with Crippen LogP contribution in [-0.2, 0) is 0 Å². The van der Waals surface area contributed by atoms with Crippen molar-refractivity contribution in [3.05, 3.63) is 54.0 Å². The van der Waals surface area contributed by atoms with Gasteiger partial charge >= 0.3 is 0 Å². The van der Waals surface area contributed by atoms with Gasteiger partial charge in [-0.15, -0.1) is 0 Å². The molecule has 0 aliphatic rings. The predicted molar refractivity (Wildman–Crippen MR) is 76.3 cm³/mol. The van der Waals surface area contributed by atoms with E-state index in [0.29, 0.717) is 5.75 Å². The van der Waals surface area contributed by atoms with Gasteiger partial charge < -0.3 is 15.5 Å². The topological polar surface area (TPSA) is 89.3 Å². The SMILES string of the molecule is NNc1nccc(C(=O)NCCOc2ccccc2)c1F. The molecular formula is C14H15FN4O2. The van der Waals surface area contributed by atoms with Crippen LogP contribution in [-0.4, -0.2) is 24.0 Å². The van der Waals surface area contributed by atoms with Gasteiger partial charge in [-0.1, -0.05) is 18.2 Å². The van der Waals surface area contributed by atoms with Gasteiger partial charge in [-0.05, 0) is 18.2 Å². The van der Waals surface area contributed by atoms with Crippen molar-refractivity contribution in [3.63, 3.8) is 0 Å². The number of benzene rings is 1. The molecule has 0 aliphatic carbocycles. The molecule has 2 aromatic rings. The third-order valence-corrected chi connectivity index (χ3v) is 2.67. The molecule has 0 saturated heterocycles. The molecular weight excluding hydrogens is 275 g/mol. The zero-order chi connectivity index (χ0) is 15.1. The van der Waals surface area contributed by atoms with Crippen LogP contribution >= 0.6 is 0 Å². The molecule has 0 radical (unpaired) electrons. The molecule has 0 unspecified atom stereocenters. The first-order valence-electron chi connectivity index (χ1n) is 6.29. The lowest BCUT2D eigenvalue weighted by Crippen LogP contribution is -2.29. The third kappa shape index (κ3) is 3.90. The van der Waals surface area contributed by atoms with E-state index in [-0.39, 0.29) is 24.5 Å². The van der Waals surface area contributed by atoms with Crippen LogP contribution in [0.4, 0.5) is 10.2 Å². The molecule has 2 rings (SSSR count). The fourth-order valence-electron chi connectivity index (χ4n) is 1.67. The van der Waals surface area contributed by atoms with Gasteiger partial charge in [0.1, 0.15) is 12.4 Å². The summed E-state index contributed by atoms with van der Waals surface area (Å²) in [6, 6.07) is 10.5. The Morgan fingerprint density at radius 1 is 1.29 bits per heavy atom. The molecule has 0 aliphatic heterocycles. The maximum Gasteiger partial charge on any atom is 0.254 e. The van der Waals surface area contributed by atoms with E-state index in [4.69, 9.17) is 10.6 Å². The summed E-state index contributed by atoms with van der Waals surface area (Å²) in [5.74, 6) is 4.29. The average Bonchev–Trinajstić information content (AvgIpc) is 2.52.